The van der Waals surface area contributed by atoms with E-state index in [1.54, 1.807) is 6.92 Å². The molecule has 0 aromatic heterocycles. The fourth-order valence-electron chi connectivity index (χ4n) is 4.25. The number of hydrogen-bond donors (Lipinski definition) is 2. The van der Waals surface area contributed by atoms with Gasteiger partial charge in [-0.05, 0) is 29.0 Å². The number of carboxylic acid groups (broad SMARTS) is 1. The minimum atomic E-state index is -3.94. The molecule has 2 aromatic carbocycles. The van der Waals surface area contributed by atoms with Crippen LogP contribution in [0.2, 0.25) is 0 Å². The molecule has 1 unspecified atom stereocenters. The molecule has 7 heteroatoms. The van der Waals surface area contributed by atoms with Crippen molar-refractivity contribution in [2.75, 3.05) is 6.54 Å². The zero-order valence-electron chi connectivity index (χ0n) is 15.0. The Balaban J connectivity index is 1.61. The van der Waals surface area contributed by atoms with Gasteiger partial charge in [-0.25, -0.2) is 0 Å². The normalized spacial score (nSPS) is 27.7. The molecule has 3 atom stereocenters. The van der Waals surface area contributed by atoms with Gasteiger partial charge in [0.25, 0.3) is 10.2 Å². The summed E-state index contributed by atoms with van der Waals surface area (Å²) >= 11 is 0. The summed E-state index contributed by atoms with van der Waals surface area (Å²) in [5.74, 6) is -1.85. The number of hydrogen-bond acceptors (Lipinski definition) is 3. The fourth-order valence-corrected chi connectivity index (χ4v) is 5.85. The van der Waals surface area contributed by atoms with E-state index in [1.807, 2.05) is 54.6 Å². The average molecular weight is 386 g/mol. The van der Waals surface area contributed by atoms with Crippen molar-refractivity contribution in [2.24, 2.45) is 5.92 Å². The molecule has 0 saturated heterocycles. The highest BCUT2D eigenvalue weighted by Crippen LogP contribution is 2.58. The first-order chi connectivity index (χ1) is 12.9. The largest absolute Gasteiger partial charge is 0.480 e. The number of benzene rings is 2. The van der Waals surface area contributed by atoms with Crippen molar-refractivity contribution >= 4 is 16.2 Å². The molecule has 2 N–H and O–H groups in total. The number of nitrogens with one attached hydrogen (secondary N) is 1. The van der Waals surface area contributed by atoms with E-state index in [0.29, 0.717) is 13.0 Å². The molecule has 142 valence electrons. The van der Waals surface area contributed by atoms with Gasteiger partial charge >= 0.3 is 5.97 Å². The third-order valence-electron chi connectivity index (χ3n) is 5.85. The topological polar surface area (TPSA) is 86.7 Å². The minimum Gasteiger partial charge on any atom is -0.480 e. The SMILES string of the molecule is CC1[C@@H](c2ccccc2)[C@]1(NS(=O)(=O)N1CCc2ccccc2C1)C(=O)O. The van der Waals surface area contributed by atoms with Gasteiger partial charge in [-0.15, -0.1) is 0 Å². The van der Waals surface area contributed by atoms with E-state index in [1.165, 1.54) is 4.31 Å². The summed E-state index contributed by atoms with van der Waals surface area (Å²) in [4.78, 5) is 12.1. The van der Waals surface area contributed by atoms with Crippen molar-refractivity contribution in [3.63, 3.8) is 0 Å². The Kier molecular flexibility index (Phi) is 4.33. The molecule has 4 rings (SSSR count). The number of carboxylic acids is 1. The van der Waals surface area contributed by atoms with Gasteiger partial charge in [0.05, 0.1) is 0 Å². The molecule has 27 heavy (non-hydrogen) atoms. The van der Waals surface area contributed by atoms with Crippen LogP contribution in [-0.4, -0.2) is 35.9 Å². The van der Waals surface area contributed by atoms with Gasteiger partial charge < -0.3 is 5.11 Å². The van der Waals surface area contributed by atoms with E-state index >= 15 is 0 Å². The van der Waals surface area contributed by atoms with Gasteiger partial charge in [-0.3, -0.25) is 4.79 Å². The third kappa shape index (κ3) is 2.96. The van der Waals surface area contributed by atoms with Gasteiger partial charge in [0.15, 0.2) is 0 Å². The van der Waals surface area contributed by atoms with Crippen LogP contribution in [0.25, 0.3) is 0 Å². The van der Waals surface area contributed by atoms with E-state index < -0.39 is 21.7 Å². The smallest absolute Gasteiger partial charge is 0.325 e. The van der Waals surface area contributed by atoms with Crippen molar-refractivity contribution in [1.29, 1.82) is 0 Å². The maximum absolute atomic E-state index is 13.0. The second-order valence-electron chi connectivity index (χ2n) is 7.31. The Morgan fingerprint density at radius 2 is 1.74 bits per heavy atom. The molecule has 0 radical (unpaired) electrons. The fraction of sp³-hybridized carbons (Fsp3) is 0.350. The maximum Gasteiger partial charge on any atom is 0.325 e. The molecule has 1 saturated carbocycles. The third-order valence-corrected chi connectivity index (χ3v) is 7.43. The number of nitrogens with zero attached hydrogens (tertiary/aromatic N) is 1. The van der Waals surface area contributed by atoms with Gasteiger partial charge in [0, 0.05) is 19.0 Å². The highest BCUT2D eigenvalue weighted by Gasteiger charge is 2.70. The molecule has 1 heterocycles. The summed E-state index contributed by atoms with van der Waals surface area (Å²) in [5.41, 5.74) is 1.43. The van der Waals surface area contributed by atoms with Crippen LogP contribution >= 0.6 is 0 Å². The van der Waals surface area contributed by atoms with Crippen LogP contribution in [0, 0.1) is 5.92 Å². The van der Waals surface area contributed by atoms with Gasteiger partial charge in [-0.2, -0.15) is 17.4 Å². The molecular formula is C20H22N2O4S. The maximum atomic E-state index is 13.0. The lowest BCUT2D eigenvalue weighted by molar-refractivity contribution is -0.140. The van der Waals surface area contributed by atoms with Crippen molar-refractivity contribution in [1.82, 2.24) is 9.03 Å². The van der Waals surface area contributed by atoms with Crippen LogP contribution in [0.1, 0.15) is 29.5 Å². The van der Waals surface area contributed by atoms with Crippen molar-refractivity contribution in [3.05, 3.63) is 71.3 Å². The monoisotopic (exact) mass is 386 g/mol. The molecule has 0 amide bonds. The molecule has 0 spiro atoms. The van der Waals surface area contributed by atoms with Crippen LogP contribution < -0.4 is 4.72 Å². The van der Waals surface area contributed by atoms with Crippen LogP contribution in [0.3, 0.4) is 0 Å². The standard InChI is InChI=1S/C20H22N2O4S/c1-14-18(16-8-3-2-4-9-16)20(14,19(23)24)21-27(25,26)22-12-11-15-7-5-6-10-17(15)13-22/h2-10,14,18,21H,11-13H2,1H3,(H,23,24)/t14?,18-,20-/m0/s1. The summed E-state index contributed by atoms with van der Waals surface area (Å²) in [6.07, 6.45) is 0.620. The highest BCUT2D eigenvalue weighted by molar-refractivity contribution is 7.87. The molecule has 0 bridgehead atoms. The summed E-state index contributed by atoms with van der Waals surface area (Å²) in [5, 5.41) is 9.88. The lowest BCUT2D eigenvalue weighted by Crippen LogP contribution is -2.52. The lowest BCUT2D eigenvalue weighted by Gasteiger charge is -2.29. The zero-order chi connectivity index (χ0) is 19.2. The van der Waals surface area contributed by atoms with Gasteiger partial charge in [-0.1, -0.05) is 61.5 Å². The Hall–Kier alpha value is -2.22. The molecular weight excluding hydrogens is 364 g/mol. The summed E-state index contributed by atoms with van der Waals surface area (Å²) < 4.78 is 29.9. The molecule has 2 aliphatic rings. The molecule has 1 aliphatic heterocycles. The van der Waals surface area contributed by atoms with Crippen LogP contribution in [0.4, 0.5) is 0 Å². The number of rotatable bonds is 5. The van der Waals surface area contributed by atoms with Crippen LogP contribution in [-0.2, 0) is 28.0 Å². The van der Waals surface area contributed by atoms with Crippen molar-refractivity contribution < 1.29 is 18.3 Å². The zero-order valence-corrected chi connectivity index (χ0v) is 15.8. The number of carbonyl (C=O) groups is 1. The Morgan fingerprint density at radius 1 is 1.11 bits per heavy atom. The first kappa shape index (κ1) is 18.2. The molecule has 6 nitrogen and oxygen atoms in total. The number of aliphatic carboxylic acids is 1. The molecule has 1 aliphatic carbocycles. The van der Waals surface area contributed by atoms with Crippen LogP contribution in [0.5, 0.6) is 0 Å². The first-order valence-electron chi connectivity index (χ1n) is 9.00. The van der Waals surface area contributed by atoms with Crippen molar-refractivity contribution in [2.45, 2.75) is 31.3 Å². The Bertz CT molecular complexity index is 976. The van der Waals surface area contributed by atoms with E-state index in [-0.39, 0.29) is 18.4 Å². The van der Waals surface area contributed by atoms with E-state index in [4.69, 9.17) is 0 Å². The highest BCUT2D eigenvalue weighted by atomic mass is 32.2. The van der Waals surface area contributed by atoms with Gasteiger partial charge in [0.1, 0.15) is 5.54 Å². The Morgan fingerprint density at radius 3 is 2.41 bits per heavy atom. The quantitative estimate of drug-likeness (QED) is 0.824. The summed E-state index contributed by atoms with van der Waals surface area (Å²) in [7, 11) is -3.94. The summed E-state index contributed by atoms with van der Waals surface area (Å²) in [6.45, 7) is 2.37. The second-order valence-corrected chi connectivity index (χ2v) is 8.98. The van der Waals surface area contributed by atoms with Gasteiger partial charge in [0.2, 0.25) is 0 Å². The van der Waals surface area contributed by atoms with Crippen LogP contribution in [0.15, 0.2) is 54.6 Å². The molecule has 1 fully saturated rings. The van der Waals surface area contributed by atoms with Crippen molar-refractivity contribution in [3.8, 4) is 0 Å². The van der Waals surface area contributed by atoms with E-state index in [0.717, 1.165) is 16.7 Å². The number of fused-ring (bicyclic) bond motifs is 1. The second kappa shape index (κ2) is 6.44. The first-order valence-corrected chi connectivity index (χ1v) is 10.4. The predicted octanol–water partition coefficient (Wildman–Crippen LogP) is 2.14. The average Bonchev–Trinajstić information content (AvgIpc) is 3.26. The predicted molar refractivity (Wildman–Crippen MR) is 101 cm³/mol. The van der Waals surface area contributed by atoms with E-state index in [2.05, 4.69) is 4.72 Å². The Labute approximate surface area is 159 Å². The summed E-state index contributed by atoms with van der Waals surface area (Å²) in [6, 6.07) is 17.0. The molecule has 2 aromatic rings. The van der Waals surface area contributed by atoms with E-state index in [9.17, 15) is 18.3 Å². The minimum absolute atomic E-state index is 0.256. The lowest BCUT2D eigenvalue weighted by atomic mass is 10.0.